The van der Waals surface area contributed by atoms with Gasteiger partial charge < -0.3 is 9.64 Å². The first kappa shape index (κ1) is 20.1. The van der Waals surface area contributed by atoms with Gasteiger partial charge in [0.05, 0.1) is 11.4 Å². The zero-order chi connectivity index (χ0) is 20.9. The van der Waals surface area contributed by atoms with Crippen LogP contribution in [0.3, 0.4) is 0 Å². The van der Waals surface area contributed by atoms with Crippen LogP contribution in [0.5, 0.6) is 0 Å². The summed E-state index contributed by atoms with van der Waals surface area (Å²) in [7, 11) is 0. The number of rotatable bonds is 4. The van der Waals surface area contributed by atoms with E-state index in [1.165, 1.54) is 4.90 Å². The topological polar surface area (TPSA) is 66.9 Å². The summed E-state index contributed by atoms with van der Waals surface area (Å²) in [6.07, 6.45) is 4.88. The lowest BCUT2D eigenvalue weighted by atomic mass is 10.0. The third kappa shape index (κ3) is 4.37. The van der Waals surface area contributed by atoms with Crippen LogP contribution in [-0.2, 0) is 32.0 Å². The van der Waals surface area contributed by atoms with Gasteiger partial charge in [-0.15, -0.1) is 0 Å². The van der Waals surface area contributed by atoms with Crippen molar-refractivity contribution in [2.24, 2.45) is 0 Å². The van der Waals surface area contributed by atoms with Gasteiger partial charge in [0.2, 0.25) is 5.91 Å². The number of ether oxygens (including phenoxy) is 1. The van der Waals surface area contributed by atoms with Gasteiger partial charge in [0.25, 0.3) is 5.91 Å². The lowest BCUT2D eigenvalue weighted by Gasteiger charge is -2.25. The van der Waals surface area contributed by atoms with Gasteiger partial charge in [-0.05, 0) is 48.9 Å². The molecule has 30 heavy (non-hydrogen) atoms. The molecule has 2 aliphatic heterocycles. The Bertz CT molecular complexity index is 908. The van der Waals surface area contributed by atoms with Crippen LogP contribution >= 0.6 is 0 Å². The van der Waals surface area contributed by atoms with Crippen molar-refractivity contribution in [3.63, 3.8) is 0 Å². The molecule has 6 heteroatoms. The van der Waals surface area contributed by atoms with Crippen LogP contribution in [-0.4, -0.2) is 42.4 Å². The molecular formula is C24H26N2O4. The maximum absolute atomic E-state index is 13.2. The number of fused-ring (bicyclic) bond motifs is 2. The molecule has 156 valence electrons. The van der Waals surface area contributed by atoms with Crippen molar-refractivity contribution in [1.29, 1.82) is 0 Å². The predicted octanol–water partition coefficient (Wildman–Crippen LogP) is 3.40. The summed E-state index contributed by atoms with van der Waals surface area (Å²) in [5, 5.41) is 0. The highest BCUT2D eigenvalue weighted by Crippen LogP contribution is 2.35. The molecule has 0 aromatic heterocycles. The third-order valence-corrected chi connectivity index (χ3v) is 5.73. The number of aryl methyl sites for hydroxylation is 2. The van der Waals surface area contributed by atoms with E-state index in [2.05, 4.69) is 0 Å². The first-order valence-corrected chi connectivity index (χ1v) is 10.6. The normalized spacial score (nSPS) is 16.2. The zero-order valence-electron chi connectivity index (χ0n) is 17.0. The molecule has 0 aliphatic carbocycles. The van der Waals surface area contributed by atoms with E-state index in [4.69, 9.17) is 4.74 Å². The summed E-state index contributed by atoms with van der Waals surface area (Å²) >= 11 is 0. The molecule has 2 aromatic carbocycles. The Labute approximate surface area is 176 Å². The molecule has 0 radical (unpaired) electrons. The Balaban J connectivity index is 1.48. The second kappa shape index (κ2) is 9.11. The molecule has 1 saturated heterocycles. The minimum atomic E-state index is -0.546. The highest BCUT2D eigenvalue weighted by atomic mass is 16.5. The first-order chi connectivity index (χ1) is 14.6. The van der Waals surface area contributed by atoms with E-state index >= 15 is 0 Å². The fraction of sp³-hybridized carbons (Fsp3) is 0.375. The maximum Gasteiger partial charge on any atom is 0.326 e. The van der Waals surface area contributed by atoms with Gasteiger partial charge in [-0.1, -0.05) is 42.8 Å². The van der Waals surface area contributed by atoms with Crippen molar-refractivity contribution in [2.75, 3.05) is 24.6 Å². The van der Waals surface area contributed by atoms with E-state index in [1.54, 1.807) is 4.90 Å². The summed E-state index contributed by atoms with van der Waals surface area (Å²) in [5.41, 5.74) is 3.82. The third-order valence-electron chi connectivity index (χ3n) is 5.73. The monoisotopic (exact) mass is 406 g/mol. The quantitative estimate of drug-likeness (QED) is 0.730. The predicted molar refractivity (Wildman–Crippen MR) is 113 cm³/mol. The Morgan fingerprint density at radius 2 is 1.47 bits per heavy atom. The van der Waals surface area contributed by atoms with Crippen LogP contribution in [0, 0.1) is 0 Å². The number of hydrogen-bond acceptors (Lipinski definition) is 4. The van der Waals surface area contributed by atoms with E-state index in [1.807, 2.05) is 48.5 Å². The van der Waals surface area contributed by atoms with E-state index in [0.29, 0.717) is 13.0 Å². The Morgan fingerprint density at radius 1 is 0.833 bits per heavy atom. The van der Waals surface area contributed by atoms with Gasteiger partial charge in [0, 0.05) is 13.0 Å². The SMILES string of the molecule is O=C(CN1CCCCCC1=O)OCC(=O)N1c2ccccc2CCc2ccccc21. The summed E-state index contributed by atoms with van der Waals surface area (Å²) < 4.78 is 5.30. The van der Waals surface area contributed by atoms with E-state index in [-0.39, 0.29) is 25.0 Å². The maximum atomic E-state index is 13.2. The molecule has 0 atom stereocenters. The smallest absolute Gasteiger partial charge is 0.326 e. The van der Waals surface area contributed by atoms with Gasteiger partial charge in [-0.3, -0.25) is 19.3 Å². The molecule has 2 heterocycles. The van der Waals surface area contributed by atoms with Crippen molar-refractivity contribution in [3.8, 4) is 0 Å². The Kier molecular flexibility index (Phi) is 6.12. The van der Waals surface area contributed by atoms with Gasteiger partial charge in [-0.2, -0.15) is 0 Å². The molecule has 4 rings (SSSR count). The van der Waals surface area contributed by atoms with Crippen molar-refractivity contribution >= 4 is 29.2 Å². The van der Waals surface area contributed by atoms with Crippen LogP contribution in [0.4, 0.5) is 11.4 Å². The number of hydrogen-bond donors (Lipinski definition) is 0. The Morgan fingerprint density at radius 3 is 2.13 bits per heavy atom. The largest absolute Gasteiger partial charge is 0.454 e. The molecule has 2 aromatic rings. The van der Waals surface area contributed by atoms with Crippen molar-refractivity contribution in [3.05, 3.63) is 59.7 Å². The second-order valence-electron chi connectivity index (χ2n) is 7.77. The molecule has 6 nitrogen and oxygen atoms in total. The number of anilines is 2. The number of nitrogens with zero attached hydrogens (tertiary/aromatic N) is 2. The van der Waals surface area contributed by atoms with Crippen molar-refractivity contribution < 1.29 is 19.1 Å². The standard InChI is InChI=1S/C24H26N2O4/c27-22-12-2-1-7-15-25(22)16-24(29)30-17-23(28)26-20-10-5-3-8-18(20)13-14-19-9-4-6-11-21(19)26/h3-6,8-11H,1-2,7,12-17H2. The lowest BCUT2D eigenvalue weighted by molar-refractivity contribution is -0.151. The molecule has 0 N–H and O–H groups in total. The molecule has 1 fully saturated rings. The molecule has 2 amide bonds. The van der Waals surface area contributed by atoms with Crippen LogP contribution < -0.4 is 4.90 Å². The van der Waals surface area contributed by atoms with Gasteiger partial charge in [-0.25, -0.2) is 0 Å². The minimum absolute atomic E-state index is 0.0221. The van der Waals surface area contributed by atoms with Gasteiger partial charge in [0.1, 0.15) is 6.54 Å². The molecule has 0 unspecified atom stereocenters. The highest BCUT2D eigenvalue weighted by Gasteiger charge is 2.27. The van der Waals surface area contributed by atoms with Crippen LogP contribution in [0.2, 0.25) is 0 Å². The van der Waals surface area contributed by atoms with Crippen LogP contribution in [0.1, 0.15) is 36.8 Å². The Hall–Kier alpha value is -3.15. The number of esters is 1. The first-order valence-electron chi connectivity index (χ1n) is 10.6. The number of likely N-dealkylation sites (tertiary alicyclic amines) is 1. The number of para-hydroxylation sites is 2. The molecule has 0 bridgehead atoms. The summed E-state index contributed by atoms with van der Waals surface area (Å²) in [4.78, 5) is 40.8. The number of amides is 2. The number of carbonyl (C=O) groups excluding carboxylic acids is 3. The van der Waals surface area contributed by atoms with Crippen LogP contribution in [0.15, 0.2) is 48.5 Å². The van der Waals surface area contributed by atoms with Gasteiger partial charge in [0.15, 0.2) is 6.61 Å². The lowest BCUT2D eigenvalue weighted by Crippen LogP contribution is -2.37. The summed E-state index contributed by atoms with van der Waals surface area (Å²) in [6, 6.07) is 15.6. The van der Waals surface area contributed by atoms with E-state index in [0.717, 1.165) is 54.6 Å². The van der Waals surface area contributed by atoms with E-state index < -0.39 is 5.97 Å². The molecule has 0 saturated carbocycles. The fourth-order valence-electron chi connectivity index (χ4n) is 4.16. The molecule has 0 spiro atoms. The second-order valence-corrected chi connectivity index (χ2v) is 7.77. The summed E-state index contributed by atoms with van der Waals surface area (Å²) in [6.45, 7) is 0.109. The average molecular weight is 406 g/mol. The van der Waals surface area contributed by atoms with Crippen LogP contribution in [0.25, 0.3) is 0 Å². The number of benzene rings is 2. The van der Waals surface area contributed by atoms with E-state index in [9.17, 15) is 14.4 Å². The molecule has 2 aliphatic rings. The van der Waals surface area contributed by atoms with Gasteiger partial charge >= 0.3 is 5.97 Å². The highest BCUT2D eigenvalue weighted by molar-refractivity contribution is 6.03. The van der Waals surface area contributed by atoms with Crippen molar-refractivity contribution in [1.82, 2.24) is 4.90 Å². The number of carbonyl (C=O) groups is 3. The average Bonchev–Trinajstić information content (AvgIpc) is 3.06. The molecular weight excluding hydrogens is 380 g/mol. The summed E-state index contributed by atoms with van der Waals surface area (Å²) in [5.74, 6) is -0.867. The zero-order valence-corrected chi connectivity index (χ0v) is 17.0. The fourth-order valence-corrected chi connectivity index (χ4v) is 4.16. The minimum Gasteiger partial charge on any atom is -0.454 e. The van der Waals surface area contributed by atoms with Crippen molar-refractivity contribution in [2.45, 2.75) is 38.5 Å².